The molecule has 1 aliphatic heterocycles. The molecule has 0 saturated carbocycles. The van der Waals surface area contributed by atoms with E-state index in [1.165, 1.54) is 16.4 Å². The highest BCUT2D eigenvalue weighted by molar-refractivity contribution is 7.92. The van der Waals surface area contributed by atoms with Gasteiger partial charge in [-0.1, -0.05) is 19.1 Å². The summed E-state index contributed by atoms with van der Waals surface area (Å²) in [7, 11) is -8.04. The number of nitro benzene ring substituents is 1. The smallest absolute Gasteiger partial charge is 0.273 e. The molecule has 0 spiro atoms. The van der Waals surface area contributed by atoms with Crippen LogP contribution in [0.3, 0.4) is 0 Å². The van der Waals surface area contributed by atoms with Gasteiger partial charge >= 0.3 is 0 Å². The number of benzene rings is 2. The van der Waals surface area contributed by atoms with Crippen molar-refractivity contribution in [2.75, 3.05) is 17.8 Å². The number of rotatable bonds is 6. The first kappa shape index (κ1) is 23.2. The molecule has 168 valence electrons. The summed E-state index contributed by atoms with van der Waals surface area (Å²) in [5.74, 6) is 0.196. The van der Waals surface area contributed by atoms with Crippen LogP contribution in [0.5, 0.6) is 0 Å². The first-order valence-electron chi connectivity index (χ1n) is 9.80. The number of nitro groups is 1. The van der Waals surface area contributed by atoms with E-state index in [9.17, 15) is 26.9 Å². The second kappa shape index (κ2) is 8.56. The van der Waals surface area contributed by atoms with Gasteiger partial charge in [-0.25, -0.2) is 16.8 Å². The number of nitrogens with one attached hydrogen (secondary N) is 1. The van der Waals surface area contributed by atoms with Crippen molar-refractivity contribution >= 4 is 31.4 Å². The van der Waals surface area contributed by atoms with E-state index in [1.807, 2.05) is 6.92 Å². The molecule has 1 atom stereocenters. The first-order chi connectivity index (χ1) is 14.4. The van der Waals surface area contributed by atoms with Crippen LogP contribution >= 0.6 is 0 Å². The monoisotopic (exact) mass is 467 g/mol. The minimum atomic E-state index is -4.11. The Bertz CT molecular complexity index is 1230. The summed E-state index contributed by atoms with van der Waals surface area (Å²) in [4.78, 5) is 10.6. The molecule has 1 N–H and O–H groups in total. The average Bonchev–Trinajstić information content (AvgIpc) is 2.69. The van der Waals surface area contributed by atoms with Gasteiger partial charge in [0.25, 0.3) is 15.7 Å². The Balaban J connectivity index is 2.00. The highest BCUT2D eigenvalue weighted by atomic mass is 32.2. The summed E-state index contributed by atoms with van der Waals surface area (Å²) in [6.45, 7) is 6.01. The molecule has 1 saturated heterocycles. The van der Waals surface area contributed by atoms with E-state index in [4.69, 9.17) is 0 Å². The number of piperidine rings is 1. The van der Waals surface area contributed by atoms with Crippen molar-refractivity contribution in [3.8, 4) is 0 Å². The Morgan fingerprint density at radius 1 is 1.10 bits per heavy atom. The lowest BCUT2D eigenvalue weighted by atomic mass is 10.0. The van der Waals surface area contributed by atoms with Crippen molar-refractivity contribution in [2.45, 2.75) is 43.4 Å². The van der Waals surface area contributed by atoms with Crippen LogP contribution in [0.25, 0.3) is 0 Å². The minimum absolute atomic E-state index is 0.000741. The van der Waals surface area contributed by atoms with Crippen molar-refractivity contribution < 1.29 is 21.8 Å². The fourth-order valence-electron chi connectivity index (χ4n) is 3.62. The van der Waals surface area contributed by atoms with E-state index in [-0.39, 0.29) is 21.4 Å². The molecule has 11 heteroatoms. The molecule has 2 aromatic rings. The van der Waals surface area contributed by atoms with Crippen LogP contribution < -0.4 is 4.72 Å². The third-order valence-electron chi connectivity index (χ3n) is 5.30. The zero-order chi connectivity index (χ0) is 23.0. The molecular formula is C20H25N3O6S2. The first-order valence-corrected chi connectivity index (χ1v) is 12.7. The normalized spacial score (nSPS) is 18.0. The lowest BCUT2D eigenvalue weighted by Crippen LogP contribution is -2.39. The average molecular weight is 468 g/mol. The number of hydrogen-bond acceptors (Lipinski definition) is 6. The molecule has 3 rings (SSSR count). The Morgan fingerprint density at radius 3 is 2.45 bits per heavy atom. The van der Waals surface area contributed by atoms with Crippen LogP contribution in [0.4, 0.5) is 11.4 Å². The molecular weight excluding hydrogens is 442 g/mol. The number of nitrogens with zero attached hydrogens (tertiary/aromatic N) is 2. The van der Waals surface area contributed by atoms with E-state index in [1.54, 1.807) is 26.0 Å². The Hall–Kier alpha value is -2.50. The molecule has 0 amide bonds. The van der Waals surface area contributed by atoms with E-state index in [2.05, 4.69) is 4.72 Å². The van der Waals surface area contributed by atoms with E-state index >= 15 is 0 Å². The van der Waals surface area contributed by atoms with Crippen LogP contribution in [0.1, 0.15) is 30.9 Å². The maximum Gasteiger partial charge on any atom is 0.294 e. The van der Waals surface area contributed by atoms with Crippen molar-refractivity contribution in [1.82, 2.24) is 4.31 Å². The third kappa shape index (κ3) is 4.89. The van der Waals surface area contributed by atoms with Gasteiger partial charge in [0.05, 0.1) is 14.7 Å². The summed E-state index contributed by atoms with van der Waals surface area (Å²) < 4.78 is 55.2. The third-order valence-corrected chi connectivity index (χ3v) is 8.67. The summed E-state index contributed by atoms with van der Waals surface area (Å²) >= 11 is 0. The van der Waals surface area contributed by atoms with Gasteiger partial charge in [0.2, 0.25) is 10.0 Å². The highest BCUT2D eigenvalue weighted by Gasteiger charge is 2.31. The largest absolute Gasteiger partial charge is 0.294 e. The molecule has 0 bridgehead atoms. The van der Waals surface area contributed by atoms with Crippen LogP contribution in [0.2, 0.25) is 0 Å². The predicted molar refractivity (Wildman–Crippen MR) is 117 cm³/mol. The molecule has 31 heavy (non-hydrogen) atoms. The number of anilines is 1. The second-order valence-electron chi connectivity index (χ2n) is 7.92. The van der Waals surface area contributed by atoms with E-state index in [0.29, 0.717) is 18.7 Å². The lowest BCUT2D eigenvalue weighted by molar-refractivity contribution is -0.384. The topological polar surface area (TPSA) is 127 Å². The van der Waals surface area contributed by atoms with Gasteiger partial charge in [0, 0.05) is 19.2 Å². The lowest BCUT2D eigenvalue weighted by Gasteiger charge is -2.30. The van der Waals surface area contributed by atoms with Gasteiger partial charge < -0.3 is 0 Å². The molecule has 0 aliphatic carbocycles. The van der Waals surface area contributed by atoms with Gasteiger partial charge in [-0.2, -0.15) is 4.31 Å². The van der Waals surface area contributed by atoms with Gasteiger partial charge in [-0.3, -0.25) is 14.8 Å². The number of hydrogen-bond donors (Lipinski definition) is 1. The predicted octanol–water partition coefficient (Wildman–Crippen LogP) is 3.43. The maximum absolute atomic E-state index is 13.0. The summed E-state index contributed by atoms with van der Waals surface area (Å²) in [6, 6.07) is 8.12. The van der Waals surface area contributed by atoms with Crippen molar-refractivity contribution in [3.63, 3.8) is 0 Å². The minimum Gasteiger partial charge on any atom is -0.273 e. The van der Waals surface area contributed by atoms with Crippen LogP contribution in [0.15, 0.2) is 46.2 Å². The standard InChI is InChI=1S/C20H25N3O6S2/c1-14-6-7-16(3)20(11-14)30(26,27)21-18-9-8-17(12-19(18)23(24)25)31(28,29)22-10-4-5-15(2)13-22/h6-9,11-12,15,21H,4-5,10,13H2,1-3H3/t15-/m0/s1. The number of sulfonamides is 2. The van der Waals surface area contributed by atoms with E-state index < -0.39 is 30.7 Å². The zero-order valence-electron chi connectivity index (χ0n) is 17.5. The van der Waals surface area contributed by atoms with Crippen LogP contribution in [0, 0.1) is 29.9 Å². The molecule has 1 heterocycles. The van der Waals surface area contributed by atoms with Gasteiger partial charge in [0.15, 0.2) is 0 Å². The van der Waals surface area contributed by atoms with E-state index in [0.717, 1.165) is 30.5 Å². The van der Waals surface area contributed by atoms with Crippen molar-refractivity contribution in [2.24, 2.45) is 5.92 Å². The Morgan fingerprint density at radius 2 is 1.81 bits per heavy atom. The van der Waals surface area contributed by atoms with Gasteiger partial charge in [-0.05, 0) is 61.9 Å². The summed E-state index contributed by atoms with van der Waals surface area (Å²) in [5, 5.41) is 11.6. The van der Waals surface area contributed by atoms with Gasteiger partial charge in [-0.15, -0.1) is 0 Å². The fraction of sp³-hybridized carbons (Fsp3) is 0.400. The summed E-state index contributed by atoms with van der Waals surface area (Å²) in [6.07, 6.45) is 1.64. The fourth-order valence-corrected chi connectivity index (χ4v) is 6.64. The molecule has 2 aromatic carbocycles. The Kier molecular flexibility index (Phi) is 6.40. The second-order valence-corrected chi connectivity index (χ2v) is 11.5. The molecule has 9 nitrogen and oxygen atoms in total. The molecule has 0 unspecified atom stereocenters. The maximum atomic E-state index is 13.0. The van der Waals surface area contributed by atoms with Crippen molar-refractivity contribution in [1.29, 1.82) is 0 Å². The summed E-state index contributed by atoms with van der Waals surface area (Å²) in [5.41, 5.74) is 0.286. The zero-order valence-corrected chi connectivity index (χ0v) is 19.2. The van der Waals surface area contributed by atoms with Gasteiger partial charge in [0.1, 0.15) is 5.69 Å². The molecule has 1 aliphatic rings. The number of aryl methyl sites for hydroxylation is 2. The highest BCUT2D eigenvalue weighted by Crippen LogP contribution is 2.32. The van der Waals surface area contributed by atoms with Crippen LogP contribution in [-0.4, -0.2) is 39.2 Å². The Labute approximate surface area is 182 Å². The van der Waals surface area contributed by atoms with Crippen molar-refractivity contribution in [3.05, 3.63) is 57.6 Å². The molecule has 1 fully saturated rings. The molecule has 0 aromatic heterocycles. The quantitative estimate of drug-likeness (QED) is 0.512. The van der Waals surface area contributed by atoms with Crippen LogP contribution in [-0.2, 0) is 20.0 Å². The SMILES string of the molecule is Cc1ccc(C)c(S(=O)(=O)Nc2ccc(S(=O)(=O)N3CCC[C@H](C)C3)cc2[N+](=O)[O-])c1. The molecule has 0 radical (unpaired) electrons.